The van der Waals surface area contributed by atoms with E-state index in [9.17, 15) is 9.59 Å². The molecule has 0 N–H and O–H groups in total. The Labute approximate surface area is 140 Å². The zero-order valence-corrected chi connectivity index (χ0v) is 14.1. The summed E-state index contributed by atoms with van der Waals surface area (Å²) in [4.78, 5) is 30.9. The first-order valence-electron chi connectivity index (χ1n) is 7.60. The van der Waals surface area contributed by atoms with Crippen LogP contribution in [0.5, 0.6) is 0 Å². The van der Waals surface area contributed by atoms with Crippen LogP contribution >= 0.6 is 11.3 Å². The lowest BCUT2D eigenvalue weighted by Crippen LogP contribution is -2.25. The summed E-state index contributed by atoms with van der Waals surface area (Å²) in [6.07, 6.45) is 1.55. The van der Waals surface area contributed by atoms with Crippen LogP contribution in [0, 0.1) is 13.8 Å². The molecule has 0 aliphatic heterocycles. The second-order valence-electron chi connectivity index (χ2n) is 5.69. The van der Waals surface area contributed by atoms with Crippen LogP contribution in [0.3, 0.4) is 0 Å². The molecule has 0 unspecified atom stereocenters. The number of aryl methyl sites for hydroxylation is 4. The Hall–Kier alpha value is -2.67. The SMILES string of the molecule is Cc1sc2ncn(CCn3c(=O)oc4ccccc43)c(=O)c2c1C. The molecule has 0 atom stereocenters. The molecule has 0 spiro atoms. The van der Waals surface area contributed by atoms with Crippen molar-refractivity contribution in [1.29, 1.82) is 0 Å². The molecule has 122 valence electrons. The van der Waals surface area contributed by atoms with Gasteiger partial charge in [0, 0.05) is 18.0 Å². The Kier molecular flexibility index (Phi) is 3.38. The molecular formula is C17H15N3O3S. The van der Waals surface area contributed by atoms with Crippen LogP contribution in [0.15, 0.2) is 44.6 Å². The predicted molar refractivity (Wildman–Crippen MR) is 93.8 cm³/mol. The summed E-state index contributed by atoms with van der Waals surface area (Å²) in [5.41, 5.74) is 2.19. The largest absolute Gasteiger partial charge is 0.420 e. The minimum absolute atomic E-state index is 0.0669. The molecule has 0 radical (unpaired) electrons. The van der Waals surface area contributed by atoms with Crippen LogP contribution in [-0.2, 0) is 13.1 Å². The molecule has 0 amide bonds. The molecular weight excluding hydrogens is 326 g/mol. The van der Waals surface area contributed by atoms with Gasteiger partial charge >= 0.3 is 5.76 Å². The summed E-state index contributed by atoms with van der Waals surface area (Å²) >= 11 is 1.53. The average molecular weight is 341 g/mol. The van der Waals surface area contributed by atoms with Gasteiger partial charge in [0.1, 0.15) is 4.83 Å². The summed E-state index contributed by atoms with van der Waals surface area (Å²) in [5, 5.41) is 0.671. The molecule has 7 heteroatoms. The molecule has 0 saturated heterocycles. The molecule has 6 nitrogen and oxygen atoms in total. The highest BCUT2D eigenvalue weighted by molar-refractivity contribution is 7.18. The highest BCUT2D eigenvalue weighted by Gasteiger charge is 2.13. The number of hydrogen-bond donors (Lipinski definition) is 0. The van der Waals surface area contributed by atoms with Gasteiger partial charge in [-0.25, -0.2) is 9.78 Å². The standard InChI is InChI=1S/C17H15N3O3S/c1-10-11(2)24-15-14(10)16(21)19(9-18-15)7-8-20-12-5-3-4-6-13(12)23-17(20)22/h3-6,9H,7-8H2,1-2H3. The average Bonchev–Trinajstić information content (AvgIpc) is 3.04. The molecule has 0 saturated carbocycles. The van der Waals surface area contributed by atoms with Gasteiger partial charge in [0.15, 0.2) is 5.58 Å². The molecule has 4 rings (SSSR count). The summed E-state index contributed by atoms with van der Waals surface area (Å²) in [7, 11) is 0. The van der Waals surface area contributed by atoms with Gasteiger partial charge in [0.25, 0.3) is 5.56 Å². The zero-order chi connectivity index (χ0) is 16.8. The summed E-state index contributed by atoms with van der Waals surface area (Å²) in [6.45, 7) is 4.64. The van der Waals surface area contributed by atoms with E-state index in [1.807, 2.05) is 32.0 Å². The van der Waals surface area contributed by atoms with Gasteiger partial charge in [0.2, 0.25) is 0 Å². The number of benzene rings is 1. The van der Waals surface area contributed by atoms with Crippen molar-refractivity contribution in [2.45, 2.75) is 26.9 Å². The summed E-state index contributed by atoms with van der Waals surface area (Å²) in [6, 6.07) is 7.26. The molecule has 3 aromatic heterocycles. The molecule has 1 aromatic carbocycles. The van der Waals surface area contributed by atoms with Crippen LogP contribution in [0.4, 0.5) is 0 Å². The van der Waals surface area contributed by atoms with E-state index in [0.717, 1.165) is 20.8 Å². The van der Waals surface area contributed by atoms with Gasteiger partial charge in [-0.2, -0.15) is 0 Å². The Morgan fingerprint density at radius 2 is 1.96 bits per heavy atom. The number of thiophene rings is 1. The Bertz CT molecular complexity index is 1180. The third-order valence-electron chi connectivity index (χ3n) is 4.29. The summed E-state index contributed by atoms with van der Waals surface area (Å²) in [5.74, 6) is -0.416. The molecule has 0 fully saturated rings. The van der Waals surface area contributed by atoms with Crippen LogP contribution in [0.2, 0.25) is 0 Å². The monoisotopic (exact) mass is 341 g/mol. The fourth-order valence-electron chi connectivity index (χ4n) is 2.86. The van der Waals surface area contributed by atoms with E-state index in [-0.39, 0.29) is 5.56 Å². The molecule has 4 aromatic rings. The van der Waals surface area contributed by atoms with Gasteiger partial charge < -0.3 is 4.42 Å². The third-order valence-corrected chi connectivity index (χ3v) is 5.41. The number of nitrogens with zero attached hydrogens (tertiary/aromatic N) is 3. The van der Waals surface area contributed by atoms with Gasteiger partial charge in [-0.3, -0.25) is 13.9 Å². The highest BCUT2D eigenvalue weighted by atomic mass is 32.1. The lowest BCUT2D eigenvalue weighted by Gasteiger charge is -2.06. The second kappa shape index (κ2) is 5.45. The van der Waals surface area contributed by atoms with E-state index in [1.54, 1.807) is 17.0 Å². The fraction of sp³-hybridized carbons (Fsp3) is 0.235. The lowest BCUT2D eigenvalue weighted by atomic mass is 10.2. The van der Waals surface area contributed by atoms with Crippen molar-refractivity contribution in [2.75, 3.05) is 0 Å². The predicted octanol–water partition coefficient (Wildman–Crippen LogP) is 2.68. The second-order valence-corrected chi connectivity index (χ2v) is 6.90. The van der Waals surface area contributed by atoms with Crippen LogP contribution < -0.4 is 11.3 Å². The van der Waals surface area contributed by atoms with E-state index in [4.69, 9.17) is 4.42 Å². The molecule has 24 heavy (non-hydrogen) atoms. The maximum absolute atomic E-state index is 12.7. The van der Waals surface area contributed by atoms with Crippen molar-refractivity contribution in [3.63, 3.8) is 0 Å². The van der Waals surface area contributed by atoms with E-state index >= 15 is 0 Å². The van der Waals surface area contributed by atoms with Crippen molar-refractivity contribution in [3.8, 4) is 0 Å². The number of aromatic nitrogens is 3. The van der Waals surface area contributed by atoms with E-state index < -0.39 is 5.76 Å². The van der Waals surface area contributed by atoms with Crippen molar-refractivity contribution in [1.82, 2.24) is 14.1 Å². The van der Waals surface area contributed by atoms with E-state index in [1.165, 1.54) is 15.9 Å². The number of para-hydroxylation sites is 2. The minimum Gasteiger partial charge on any atom is -0.408 e. The number of hydrogen-bond acceptors (Lipinski definition) is 5. The molecule has 0 aliphatic rings. The quantitative estimate of drug-likeness (QED) is 0.574. The lowest BCUT2D eigenvalue weighted by molar-refractivity contribution is 0.480. The zero-order valence-electron chi connectivity index (χ0n) is 13.3. The Morgan fingerprint density at radius 1 is 1.17 bits per heavy atom. The first kappa shape index (κ1) is 14.9. The maximum Gasteiger partial charge on any atom is 0.420 e. The minimum atomic E-state index is -0.416. The van der Waals surface area contributed by atoms with Gasteiger partial charge in [-0.05, 0) is 31.5 Å². The normalized spacial score (nSPS) is 11.6. The van der Waals surface area contributed by atoms with Crippen LogP contribution in [0.1, 0.15) is 10.4 Å². The molecule has 0 aliphatic carbocycles. The smallest absolute Gasteiger partial charge is 0.408 e. The molecule has 0 bridgehead atoms. The van der Waals surface area contributed by atoms with Crippen molar-refractivity contribution < 1.29 is 4.42 Å². The fourth-order valence-corrected chi connectivity index (χ4v) is 3.85. The van der Waals surface area contributed by atoms with Gasteiger partial charge in [-0.15, -0.1) is 11.3 Å². The van der Waals surface area contributed by atoms with Crippen LogP contribution in [-0.4, -0.2) is 14.1 Å². The van der Waals surface area contributed by atoms with Gasteiger partial charge in [0.05, 0.1) is 17.2 Å². The first-order valence-corrected chi connectivity index (χ1v) is 8.41. The first-order chi connectivity index (χ1) is 11.6. The van der Waals surface area contributed by atoms with E-state index in [0.29, 0.717) is 24.1 Å². The number of fused-ring (bicyclic) bond motifs is 2. The number of rotatable bonds is 3. The number of oxazole rings is 1. The summed E-state index contributed by atoms with van der Waals surface area (Å²) < 4.78 is 8.31. The highest BCUT2D eigenvalue weighted by Crippen LogP contribution is 2.25. The Balaban J connectivity index is 1.73. The Morgan fingerprint density at radius 3 is 2.79 bits per heavy atom. The van der Waals surface area contributed by atoms with Crippen molar-refractivity contribution in [3.05, 3.63) is 61.9 Å². The van der Waals surface area contributed by atoms with E-state index in [2.05, 4.69) is 4.98 Å². The molecule has 3 heterocycles. The van der Waals surface area contributed by atoms with Gasteiger partial charge in [-0.1, -0.05) is 12.1 Å². The topological polar surface area (TPSA) is 70.0 Å². The third kappa shape index (κ3) is 2.20. The van der Waals surface area contributed by atoms with Crippen molar-refractivity contribution in [2.24, 2.45) is 0 Å². The van der Waals surface area contributed by atoms with Crippen molar-refractivity contribution >= 4 is 32.7 Å². The maximum atomic E-state index is 12.7. The van der Waals surface area contributed by atoms with Crippen LogP contribution in [0.25, 0.3) is 21.3 Å².